The Morgan fingerprint density at radius 2 is 2.12 bits per heavy atom. The molecular formula is C16H21N5O3. The SMILES string of the molecule is CO[C@@H]1C[C@@H](c2nc(C3CC3)n[nH]2)N(C(=O)c2oc(C)nc2C)C1. The molecule has 128 valence electrons. The van der Waals surface area contributed by atoms with E-state index in [2.05, 4.69) is 20.2 Å². The van der Waals surface area contributed by atoms with Crippen LogP contribution in [0.5, 0.6) is 0 Å². The van der Waals surface area contributed by atoms with Gasteiger partial charge in [-0.05, 0) is 19.8 Å². The average Bonchev–Trinajstić information content (AvgIpc) is 3.00. The van der Waals surface area contributed by atoms with Crippen LogP contribution in [0.1, 0.15) is 65.0 Å². The minimum absolute atomic E-state index is 0.0299. The third kappa shape index (κ3) is 2.60. The van der Waals surface area contributed by atoms with Crippen molar-refractivity contribution in [3.63, 3.8) is 0 Å². The van der Waals surface area contributed by atoms with Gasteiger partial charge in [-0.3, -0.25) is 9.89 Å². The lowest BCUT2D eigenvalue weighted by atomic mass is 10.2. The number of methoxy groups -OCH3 is 1. The number of aromatic nitrogens is 4. The molecule has 1 saturated heterocycles. The zero-order valence-corrected chi connectivity index (χ0v) is 14.1. The van der Waals surface area contributed by atoms with E-state index in [1.165, 1.54) is 0 Å². The molecule has 0 spiro atoms. The van der Waals surface area contributed by atoms with Gasteiger partial charge < -0.3 is 14.1 Å². The van der Waals surface area contributed by atoms with Crippen LogP contribution in [0.2, 0.25) is 0 Å². The Morgan fingerprint density at radius 1 is 1.33 bits per heavy atom. The molecule has 0 unspecified atom stereocenters. The van der Waals surface area contributed by atoms with Crippen LogP contribution in [0.4, 0.5) is 0 Å². The molecule has 4 rings (SSSR count). The van der Waals surface area contributed by atoms with Crippen molar-refractivity contribution in [1.82, 2.24) is 25.1 Å². The summed E-state index contributed by atoms with van der Waals surface area (Å²) in [6, 6.07) is -0.188. The number of hydrogen-bond acceptors (Lipinski definition) is 6. The molecule has 2 atom stereocenters. The first-order chi connectivity index (χ1) is 11.6. The quantitative estimate of drug-likeness (QED) is 0.919. The Kier molecular flexibility index (Phi) is 3.64. The van der Waals surface area contributed by atoms with Crippen molar-refractivity contribution in [2.45, 2.75) is 51.2 Å². The van der Waals surface area contributed by atoms with Gasteiger partial charge in [0.2, 0.25) is 5.76 Å². The average molecular weight is 331 g/mol. The van der Waals surface area contributed by atoms with E-state index < -0.39 is 0 Å². The third-order valence-electron chi connectivity index (χ3n) is 4.73. The van der Waals surface area contributed by atoms with Crippen LogP contribution in [0.25, 0.3) is 0 Å². The number of H-pyrrole nitrogens is 1. The number of likely N-dealkylation sites (tertiary alicyclic amines) is 1. The van der Waals surface area contributed by atoms with Gasteiger partial charge >= 0.3 is 0 Å². The molecule has 2 aliphatic rings. The van der Waals surface area contributed by atoms with E-state index in [4.69, 9.17) is 9.15 Å². The Balaban J connectivity index is 1.63. The molecule has 2 fully saturated rings. The minimum atomic E-state index is -0.188. The molecular weight excluding hydrogens is 310 g/mol. The first kappa shape index (κ1) is 15.3. The monoisotopic (exact) mass is 331 g/mol. The maximum Gasteiger partial charge on any atom is 0.292 e. The molecule has 0 bridgehead atoms. The molecule has 3 heterocycles. The van der Waals surface area contributed by atoms with Crippen LogP contribution < -0.4 is 0 Å². The summed E-state index contributed by atoms with van der Waals surface area (Å²) in [4.78, 5) is 23.5. The van der Waals surface area contributed by atoms with Crippen molar-refractivity contribution in [2.24, 2.45) is 0 Å². The normalized spacial score (nSPS) is 23.9. The van der Waals surface area contributed by atoms with Crippen molar-refractivity contribution < 1.29 is 13.9 Å². The number of nitrogens with zero attached hydrogens (tertiary/aromatic N) is 4. The molecule has 1 saturated carbocycles. The topological polar surface area (TPSA) is 97.1 Å². The van der Waals surface area contributed by atoms with Crippen LogP contribution in [0.3, 0.4) is 0 Å². The fraction of sp³-hybridized carbons (Fsp3) is 0.625. The molecule has 8 nitrogen and oxygen atoms in total. The van der Waals surface area contributed by atoms with Crippen LogP contribution in [-0.2, 0) is 4.74 Å². The highest BCUT2D eigenvalue weighted by Crippen LogP contribution is 2.39. The van der Waals surface area contributed by atoms with Gasteiger partial charge in [-0.15, -0.1) is 0 Å². The van der Waals surface area contributed by atoms with Gasteiger partial charge in [0.25, 0.3) is 5.91 Å². The van der Waals surface area contributed by atoms with Crippen molar-refractivity contribution >= 4 is 5.91 Å². The summed E-state index contributed by atoms with van der Waals surface area (Å²) in [5, 5.41) is 7.32. The zero-order chi connectivity index (χ0) is 16.8. The zero-order valence-electron chi connectivity index (χ0n) is 14.1. The minimum Gasteiger partial charge on any atom is -0.436 e. The van der Waals surface area contributed by atoms with Gasteiger partial charge in [0, 0.05) is 32.9 Å². The maximum absolute atomic E-state index is 13.0. The summed E-state index contributed by atoms with van der Waals surface area (Å²) < 4.78 is 11.0. The molecule has 1 aliphatic heterocycles. The molecule has 24 heavy (non-hydrogen) atoms. The van der Waals surface area contributed by atoms with Crippen molar-refractivity contribution in [1.29, 1.82) is 0 Å². The third-order valence-corrected chi connectivity index (χ3v) is 4.73. The number of aryl methyl sites for hydroxylation is 2. The summed E-state index contributed by atoms with van der Waals surface area (Å²) in [6.07, 6.45) is 2.94. The summed E-state index contributed by atoms with van der Waals surface area (Å²) >= 11 is 0. The Bertz CT molecular complexity index is 764. The van der Waals surface area contributed by atoms with Crippen LogP contribution in [-0.4, -0.2) is 50.7 Å². The van der Waals surface area contributed by atoms with Crippen LogP contribution in [0, 0.1) is 13.8 Å². The lowest BCUT2D eigenvalue weighted by Crippen LogP contribution is -2.32. The standard InChI is InChI=1S/C16H21N5O3/c1-8-13(24-9(2)17-8)16(22)21-7-11(23-3)6-12(21)15-18-14(19-20-15)10-4-5-10/h10-12H,4-7H2,1-3H3,(H,18,19,20)/t11-,12+/m1/s1. The number of amides is 1. The smallest absolute Gasteiger partial charge is 0.292 e. The fourth-order valence-electron chi connectivity index (χ4n) is 3.27. The second-order valence-corrected chi connectivity index (χ2v) is 6.57. The van der Waals surface area contributed by atoms with Gasteiger partial charge in [0.1, 0.15) is 5.82 Å². The highest BCUT2D eigenvalue weighted by molar-refractivity contribution is 5.93. The van der Waals surface area contributed by atoms with E-state index in [9.17, 15) is 4.79 Å². The number of ether oxygens (including phenoxy) is 1. The maximum atomic E-state index is 13.0. The molecule has 8 heteroatoms. The van der Waals surface area contributed by atoms with Gasteiger partial charge in [-0.25, -0.2) is 9.97 Å². The molecule has 1 amide bonds. The van der Waals surface area contributed by atoms with Gasteiger partial charge in [-0.1, -0.05) is 0 Å². The Morgan fingerprint density at radius 3 is 2.75 bits per heavy atom. The Labute approximate surface area is 139 Å². The number of oxazole rings is 1. The number of carbonyl (C=O) groups is 1. The number of nitrogens with one attached hydrogen (secondary N) is 1. The predicted molar refractivity (Wildman–Crippen MR) is 83.5 cm³/mol. The van der Waals surface area contributed by atoms with Crippen molar-refractivity contribution in [2.75, 3.05) is 13.7 Å². The summed E-state index contributed by atoms with van der Waals surface area (Å²) in [5.74, 6) is 2.64. The molecule has 2 aromatic heterocycles. The molecule has 1 aliphatic carbocycles. The summed E-state index contributed by atoms with van der Waals surface area (Å²) in [5.41, 5.74) is 0.605. The van der Waals surface area contributed by atoms with Crippen molar-refractivity contribution in [3.05, 3.63) is 29.0 Å². The van der Waals surface area contributed by atoms with Gasteiger partial charge in [0.15, 0.2) is 11.7 Å². The van der Waals surface area contributed by atoms with Crippen LogP contribution >= 0.6 is 0 Å². The summed E-state index contributed by atoms with van der Waals surface area (Å²) in [6.45, 7) is 4.02. The largest absolute Gasteiger partial charge is 0.436 e. The molecule has 2 aromatic rings. The molecule has 0 radical (unpaired) electrons. The van der Waals surface area contributed by atoms with E-state index in [-0.39, 0.29) is 23.8 Å². The number of aromatic amines is 1. The lowest BCUT2D eigenvalue weighted by molar-refractivity contribution is 0.0652. The number of hydrogen-bond donors (Lipinski definition) is 1. The van der Waals surface area contributed by atoms with Gasteiger partial charge in [-0.2, -0.15) is 5.10 Å². The van der Waals surface area contributed by atoms with E-state index in [1.807, 2.05) is 0 Å². The van der Waals surface area contributed by atoms with E-state index in [1.54, 1.807) is 25.9 Å². The predicted octanol–water partition coefficient (Wildman–Crippen LogP) is 1.89. The van der Waals surface area contributed by atoms with E-state index >= 15 is 0 Å². The second kappa shape index (κ2) is 5.70. The first-order valence-corrected chi connectivity index (χ1v) is 8.26. The lowest BCUT2D eigenvalue weighted by Gasteiger charge is -2.21. The fourth-order valence-corrected chi connectivity index (χ4v) is 3.27. The van der Waals surface area contributed by atoms with Crippen molar-refractivity contribution in [3.8, 4) is 0 Å². The first-order valence-electron chi connectivity index (χ1n) is 8.26. The van der Waals surface area contributed by atoms with Gasteiger partial charge in [0.05, 0.1) is 17.8 Å². The highest BCUT2D eigenvalue weighted by atomic mass is 16.5. The van der Waals surface area contributed by atoms with E-state index in [0.29, 0.717) is 30.5 Å². The molecule has 1 N–H and O–H groups in total. The highest BCUT2D eigenvalue weighted by Gasteiger charge is 2.41. The summed E-state index contributed by atoms with van der Waals surface area (Å²) in [7, 11) is 1.66. The second-order valence-electron chi connectivity index (χ2n) is 6.57. The van der Waals surface area contributed by atoms with Crippen LogP contribution in [0.15, 0.2) is 4.42 Å². The Hall–Kier alpha value is -2.22. The number of rotatable bonds is 4. The molecule has 0 aromatic carbocycles. The van der Waals surface area contributed by atoms with E-state index in [0.717, 1.165) is 24.5 Å². The number of carbonyl (C=O) groups excluding carboxylic acids is 1.